The molecule has 0 aliphatic heterocycles. The van der Waals surface area contributed by atoms with Crippen LogP contribution in [0.15, 0.2) is 0 Å². The van der Waals surface area contributed by atoms with Gasteiger partial charge >= 0.3 is 11.9 Å². The highest BCUT2D eigenvalue weighted by molar-refractivity contribution is 6.32. The van der Waals surface area contributed by atoms with Crippen molar-refractivity contribution in [1.82, 2.24) is 5.48 Å². The summed E-state index contributed by atoms with van der Waals surface area (Å²) in [6.07, 6.45) is 0.765. The molecule has 64 valence electrons. The Balaban J connectivity index is 3.44. The summed E-state index contributed by atoms with van der Waals surface area (Å²) in [6, 6.07) is 0. The van der Waals surface area contributed by atoms with Crippen LogP contribution in [0.4, 0.5) is 0 Å². The van der Waals surface area contributed by atoms with Crippen molar-refractivity contribution in [1.29, 1.82) is 0 Å². The molecule has 1 amide bonds. The molecular formula is C6H11NO4. The third-order valence-corrected chi connectivity index (χ3v) is 0.842. The molecule has 0 spiro atoms. The second-order valence-corrected chi connectivity index (χ2v) is 1.77. The lowest BCUT2D eigenvalue weighted by Crippen LogP contribution is -2.32. The molecule has 11 heavy (non-hydrogen) atoms. The van der Waals surface area contributed by atoms with Crippen LogP contribution in [-0.4, -0.2) is 25.6 Å². The number of amides is 1. The molecule has 0 saturated heterocycles. The van der Waals surface area contributed by atoms with E-state index in [0.29, 0.717) is 6.61 Å². The van der Waals surface area contributed by atoms with E-state index in [-0.39, 0.29) is 0 Å². The van der Waals surface area contributed by atoms with Gasteiger partial charge in [-0.05, 0) is 6.42 Å². The molecule has 0 aromatic carbocycles. The average Bonchev–Trinajstić information content (AvgIpc) is 2.03. The summed E-state index contributed by atoms with van der Waals surface area (Å²) >= 11 is 0. The Morgan fingerprint density at radius 2 is 2.09 bits per heavy atom. The first kappa shape index (κ1) is 9.90. The van der Waals surface area contributed by atoms with Crippen LogP contribution in [-0.2, 0) is 19.2 Å². The molecule has 0 atom stereocenters. The second-order valence-electron chi connectivity index (χ2n) is 1.77. The molecular weight excluding hydrogens is 150 g/mol. The predicted octanol–water partition coefficient (Wildman–Crippen LogP) is -0.383. The number of ether oxygens (including phenoxy) is 1. The van der Waals surface area contributed by atoms with Crippen LogP contribution < -0.4 is 5.48 Å². The van der Waals surface area contributed by atoms with E-state index in [2.05, 4.69) is 9.57 Å². The van der Waals surface area contributed by atoms with E-state index in [0.717, 1.165) is 13.5 Å². The lowest BCUT2D eigenvalue weighted by Gasteiger charge is -2.01. The van der Waals surface area contributed by atoms with Gasteiger partial charge in [0.25, 0.3) is 0 Å². The fourth-order valence-corrected chi connectivity index (χ4v) is 0.353. The van der Waals surface area contributed by atoms with Crippen molar-refractivity contribution in [2.24, 2.45) is 0 Å². The second kappa shape index (κ2) is 5.67. The molecule has 0 radical (unpaired) electrons. The summed E-state index contributed by atoms with van der Waals surface area (Å²) in [4.78, 5) is 25.5. The maximum atomic E-state index is 10.5. The number of nitrogens with one attached hydrogen (secondary N) is 1. The first-order chi connectivity index (χ1) is 5.22. The Bertz CT molecular complexity index is 146. The molecule has 0 bridgehead atoms. The average molecular weight is 161 g/mol. The van der Waals surface area contributed by atoms with Gasteiger partial charge in [-0.25, -0.2) is 10.3 Å². The largest absolute Gasteiger partial charge is 0.462 e. The van der Waals surface area contributed by atoms with Crippen molar-refractivity contribution in [2.75, 3.05) is 13.7 Å². The molecule has 5 nitrogen and oxygen atoms in total. The van der Waals surface area contributed by atoms with E-state index in [1.807, 2.05) is 12.4 Å². The highest BCUT2D eigenvalue weighted by atomic mass is 16.7. The minimum atomic E-state index is -0.957. The topological polar surface area (TPSA) is 64.6 Å². The molecule has 0 aromatic rings. The summed E-state index contributed by atoms with van der Waals surface area (Å²) in [6.45, 7) is 2.26. The maximum absolute atomic E-state index is 10.5. The normalized spacial score (nSPS) is 8.91. The van der Waals surface area contributed by atoms with Crippen LogP contribution in [0, 0.1) is 0 Å². The Morgan fingerprint density at radius 1 is 1.45 bits per heavy atom. The fourth-order valence-electron chi connectivity index (χ4n) is 0.353. The van der Waals surface area contributed by atoms with E-state index in [4.69, 9.17) is 0 Å². The van der Waals surface area contributed by atoms with Crippen LogP contribution in [0.25, 0.3) is 0 Å². The summed E-state index contributed by atoms with van der Waals surface area (Å²) in [5.74, 6) is -1.85. The Labute approximate surface area is 64.6 Å². The third-order valence-electron chi connectivity index (χ3n) is 0.842. The first-order valence-corrected chi connectivity index (χ1v) is 3.22. The van der Waals surface area contributed by atoms with Crippen molar-refractivity contribution in [2.45, 2.75) is 13.3 Å². The third kappa shape index (κ3) is 4.32. The highest BCUT2D eigenvalue weighted by Gasteiger charge is 2.12. The van der Waals surface area contributed by atoms with Gasteiger partial charge in [0.1, 0.15) is 0 Å². The molecule has 0 saturated carbocycles. The maximum Gasteiger partial charge on any atom is 0.398 e. The van der Waals surface area contributed by atoms with Gasteiger partial charge in [0.2, 0.25) is 0 Å². The van der Waals surface area contributed by atoms with Crippen LogP contribution in [0.3, 0.4) is 0 Å². The van der Waals surface area contributed by atoms with Gasteiger partial charge < -0.3 is 4.74 Å². The Kier molecular flexibility index (Phi) is 5.10. The van der Waals surface area contributed by atoms with E-state index in [1.54, 1.807) is 0 Å². The van der Waals surface area contributed by atoms with E-state index >= 15 is 0 Å². The lowest BCUT2D eigenvalue weighted by molar-refractivity contribution is -0.158. The van der Waals surface area contributed by atoms with Gasteiger partial charge in [-0.2, -0.15) is 0 Å². The SMILES string of the molecule is CCCONC(=O)C(=O)OC. The van der Waals surface area contributed by atoms with Crippen LogP contribution in [0.5, 0.6) is 0 Å². The number of esters is 1. The summed E-state index contributed by atoms with van der Waals surface area (Å²) in [5.41, 5.74) is 1.92. The number of rotatable bonds is 3. The van der Waals surface area contributed by atoms with Gasteiger partial charge in [0, 0.05) is 0 Å². The van der Waals surface area contributed by atoms with Crippen LogP contribution >= 0.6 is 0 Å². The smallest absolute Gasteiger partial charge is 0.398 e. The van der Waals surface area contributed by atoms with E-state index in [1.165, 1.54) is 0 Å². The van der Waals surface area contributed by atoms with Crippen LogP contribution in [0.2, 0.25) is 0 Å². The van der Waals surface area contributed by atoms with Crippen molar-refractivity contribution in [3.05, 3.63) is 0 Å². The standard InChI is InChI=1S/C6H11NO4/c1-3-4-11-7-5(8)6(9)10-2/h3-4H2,1-2H3,(H,7,8). The number of hydrogen-bond acceptors (Lipinski definition) is 4. The van der Waals surface area contributed by atoms with Crippen molar-refractivity contribution < 1.29 is 19.2 Å². The minimum Gasteiger partial charge on any atom is -0.462 e. The zero-order valence-corrected chi connectivity index (χ0v) is 6.55. The zero-order chi connectivity index (χ0) is 8.69. The molecule has 0 aliphatic rings. The molecule has 0 unspecified atom stereocenters. The molecule has 0 fully saturated rings. The van der Waals surface area contributed by atoms with Crippen LogP contribution in [0.1, 0.15) is 13.3 Å². The van der Waals surface area contributed by atoms with Gasteiger partial charge in [-0.1, -0.05) is 6.92 Å². The summed E-state index contributed by atoms with van der Waals surface area (Å²) in [5, 5.41) is 0. The lowest BCUT2D eigenvalue weighted by atomic mass is 10.5. The van der Waals surface area contributed by atoms with Gasteiger partial charge in [0.15, 0.2) is 0 Å². The zero-order valence-electron chi connectivity index (χ0n) is 6.55. The van der Waals surface area contributed by atoms with Crippen molar-refractivity contribution >= 4 is 11.9 Å². The fraction of sp³-hybridized carbons (Fsp3) is 0.667. The number of hydroxylamine groups is 1. The van der Waals surface area contributed by atoms with Gasteiger partial charge in [-0.15, -0.1) is 0 Å². The van der Waals surface area contributed by atoms with E-state index < -0.39 is 11.9 Å². The first-order valence-electron chi connectivity index (χ1n) is 3.22. The molecule has 0 aliphatic carbocycles. The molecule has 0 rings (SSSR count). The Hall–Kier alpha value is -1.10. The minimum absolute atomic E-state index is 0.378. The predicted molar refractivity (Wildman–Crippen MR) is 36.4 cm³/mol. The monoisotopic (exact) mass is 161 g/mol. The number of carbonyl (C=O) groups is 2. The molecule has 5 heteroatoms. The van der Waals surface area contributed by atoms with Gasteiger partial charge in [-0.3, -0.25) is 9.63 Å². The van der Waals surface area contributed by atoms with Gasteiger partial charge in [0.05, 0.1) is 13.7 Å². The Morgan fingerprint density at radius 3 is 2.55 bits per heavy atom. The summed E-state index contributed by atoms with van der Waals surface area (Å²) < 4.78 is 4.11. The molecule has 0 aromatic heterocycles. The number of carbonyl (C=O) groups excluding carboxylic acids is 2. The van der Waals surface area contributed by atoms with E-state index in [9.17, 15) is 9.59 Å². The summed E-state index contributed by atoms with van der Waals surface area (Å²) in [7, 11) is 1.13. The van der Waals surface area contributed by atoms with Crippen molar-refractivity contribution in [3.8, 4) is 0 Å². The number of methoxy groups -OCH3 is 1. The quantitative estimate of drug-likeness (QED) is 0.265. The molecule has 1 N–H and O–H groups in total. The van der Waals surface area contributed by atoms with Crippen molar-refractivity contribution in [3.63, 3.8) is 0 Å². The number of hydrogen-bond donors (Lipinski definition) is 1. The molecule has 0 heterocycles. The highest BCUT2D eigenvalue weighted by Crippen LogP contribution is 1.77.